The Labute approximate surface area is 69.9 Å². The van der Waals surface area contributed by atoms with Crippen LogP contribution in [0.25, 0.3) is 0 Å². The largest absolute Gasteiger partial charge is 0.316 e. The summed E-state index contributed by atoms with van der Waals surface area (Å²) in [6.07, 6.45) is 9.89. The number of allylic oxidation sites excluding steroid dienone is 1. The molecule has 64 valence electrons. The highest BCUT2D eigenvalue weighted by Gasteiger charge is 2.15. The quantitative estimate of drug-likeness (QED) is 0.472. The van der Waals surface area contributed by atoms with Crippen LogP contribution in [-0.4, -0.2) is 13.1 Å². The Morgan fingerprint density at radius 1 is 1.45 bits per heavy atom. The molecule has 1 N–H and O–H groups in total. The molecule has 0 saturated heterocycles. The van der Waals surface area contributed by atoms with E-state index in [0.29, 0.717) is 0 Å². The molecule has 1 fully saturated rings. The third-order valence-electron chi connectivity index (χ3n) is 2.38. The number of nitrogens with one attached hydrogen (secondary N) is 1. The lowest BCUT2D eigenvalue weighted by Crippen LogP contribution is -2.27. The van der Waals surface area contributed by atoms with Crippen molar-refractivity contribution in [1.82, 2.24) is 5.32 Å². The van der Waals surface area contributed by atoms with Gasteiger partial charge in [0.25, 0.3) is 0 Å². The van der Waals surface area contributed by atoms with E-state index in [1.165, 1.54) is 32.2 Å². The molecule has 0 aliphatic heterocycles. The second kappa shape index (κ2) is 5.36. The van der Waals surface area contributed by atoms with Crippen LogP contribution in [0, 0.1) is 5.92 Å². The first-order valence-electron chi connectivity index (χ1n) is 4.75. The normalized spacial score (nSPS) is 19.0. The number of rotatable bonds is 5. The van der Waals surface area contributed by atoms with Gasteiger partial charge in [-0.25, -0.2) is 0 Å². The fourth-order valence-electron chi connectivity index (χ4n) is 1.36. The van der Waals surface area contributed by atoms with E-state index in [9.17, 15) is 0 Å². The molecule has 0 radical (unpaired) electrons. The molecule has 1 rings (SSSR count). The zero-order chi connectivity index (χ0) is 7.94. The standard InChI is InChI=1S/C10H19N/c1-2-3-4-8-11-9-10-6-5-7-10/h2-3,10-11H,4-9H2,1H3/b3-2+. The van der Waals surface area contributed by atoms with Crippen LogP contribution in [0.3, 0.4) is 0 Å². The van der Waals surface area contributed by atoms with Crippen LogP contribution in [0.15, 0.2) is 12.2 Å². The number of hydrogen-bond acceptors (Lipinski definition) is 1. The van der Waals surface area contributed by atoms with Crippen LogP contribution in [0.5, 0.6) is 0 Å². The van der Waals surface area contributed by atoms with E-state index >= 15 is 0 Å². The average Bonchev–Trinajstić information content (AvgIpc) is 1.93. The van der Waals surface area contributed by atoms with Crippen LogP contribution < -0.4 is 5.32 Å². The maximum absolute atomic E-state index is 3.47. The van der Waals surface area contributed by atoms with Gasteiger partial charge < -0.3 is 5.32 Å². The van der Waals surface area contributed by atoms with Crippen LogP contribution in [0.1, 0.15) is 32.6 Å². The summed E-state index contributed by atoms with van der Waals surface area (Å²) in [5.41, 5.74) is 0. The van der Waals surface area contributed by atoms with Gasteiger partial charge in [-0.2, -0.15) is 0 Å². The molecule has 0 amide bonds. The minimum atomic E-state index is 1.00. The van der Waals surface area contributed by atoms with Crippen molar-refractivity contribution in [1.29, 1.82) is 0 Å². The van der Waals surface area contributed by atoms with Crippen LogP contribution >= 0.6 is 0 Å². The summed E-state index contributed by atoms with van der Waals surface area (Å²) >= 11 is 0. The first kappa shape index (κ1) is 8.79. The highest BCUT2D eigenvalue weighted by atomic mass is 14.9. The van der Waals surface area contributed by atoms with Gasteiger partial charge in [-0.05, 0) is 45.2 Å². The fraction of sp³-hybridized carbons (Fsp3) is 0.800. The molecule has 1 aliphatic rings. The van der Waals surface area contributed by atoms with Gasteiger partial charge in [-0.15, -0.1) is 0 Å². The maximum Gasteiger partial charge on any atom is -0.00142 e. The molecule has 1 heteroatoms. The molecule has 1 nitrogen and oxygen atoms in total. The maximum atomic E-state index is 3.47. The van der Waals surface area contributed by atoms with Crippen molar-refractivity contribution in [2.24, 2.45) is 5.92 Å². The average molecular weight is 153 g/mol. The van der Waals surface area contributed by atoms with Crippen LogP contribution in [0.2, 0.25) is 0 Å². The summed E-state index contributed by atoms with van der Waals surface area (Å²) in [5.74, 6) is 1.00. The third kappa shape index (κ3) is 3.57. The zero-order valence-corrected chi connectivity index (χ0v) is 7.47. The lowest BCUT2D eigenvalue weighted by molar-refractivity contribution is 0.303. The Balaban J connectivity index is 1.80. The lowest BCUT2D eigenvalue weighted by Gasteiger charge is -2.25. The van der Waals surface area contributed by atoms with Crippen molar-refractivity contribution in [3.8, 4) is 0 Å². The summed E-state index contributed by atoms with van der Waals surface area (Å²) < 4.78 is 0. The minimum Gasteiger partial charge on any atom is -0.316 e. The molecule has 1 aliphatic carbocycles. The Bertz CT molecular complexity index is 114. The molecule has 0 atom stereocenters. The summed E-state index contributed by atoms with van der Waals surface area (Å²) in [5, 5.41) is 3.47. The highest BCUT2D eigenvalue weighted by molar-refractivity contribution is 4.78. The van der Waals surface area contributed by atoms with Crippen LogP contribution in [-0.2, 0) is 0 Å². The summed E-state index contributed by atoms with van der Waals surface area (Å²) in [6, 6.07) is 0. The first-order chi connectivity index (χ1) is 5.43. The van der Waals surface area contributed by atoms with Crippen molar-refractivity contribution in [3.63, 3.8) is 0 Å². The SMILES string of the molecule is C/C=C/CCNCC1CCC1. The van der Waals surface area contributed by atoms with Gasteiger partial charge in [0.1, 0.15) is 0 Å². The van der Waals surface area contributed by atoms with E-state index in [2.05, 4.69) is 24.4 Å². The van der Waals surface area contributed by atoms with Gasteiger partial charge in [0.2, 0.25) is 0 Å². The lowest BCUT2D eigenvalue weighted by atomic mass is 9.85. The summed E-state index contributed by atoms with van der Waals surface area (Å²) in [4.78, 5) is 0. The van der Waals surface area contributed by atoms with E-state index in [1.54, 1.807) is 0 Å². The van der Waals surface area contributed by atoms with Crippen molar-refractivity contribution < 1.29 is 0 Å². The van der Waals surface area contributed by atoms with Crippen molar-refractivity contribution in [3.05, 3.63) is 12.2 Å². The molecule has 0 heterocycles. The Morgan fingerprint density at radius 3 is 2.82 bits per heavy atom. The predicted molar refractivity (Wildman–Crippen MR) is 49.6 cm³/mol. The minimum absolute atomic E-state index is 1.00. The molecular formula is C10H19N. The molecule has 0 bridgehead atoms. The second-order valence-electron chi connectivity index (χ2n) is 3.36. The molecule has 1 saturated carbocycles. The van der Waals surface area contributed by atoms with Gasteiger partial charge in [-0.1, -0.05) is 18.6 Å². The van der Waals surface area contributed by atoms with Gasteiger partial charge in [-0.3, -0.25) is 0 Å². The topological polar surface area (TPSA) is 12.0 Å². The Kier molecular flexibility index (Phi) is 4.29. The van der Waals surface area contributed by atoms with E-state index < -0.39 is 0 Å². The van der Waals surface area contributed by atoms with Gasteiger partial charge >= 0.3 is 0 Å². The monoisotopic (exact) mass is 153 g/mol. The third-order valence-corrected chi connectivity index (χ3v) is 2.38. The number of hydrogen-bond donors (Lipinski definition) is 1. The predicted octanol–water partition coefficient (Wildman–Crippen LogP) is 2.34. The van der Waals surface area contributed by atoms with Crippen LogP contribution in [0.4, 0.5) is 0 Å². The molecule has 0 aromatic rings. The molecule has 0 aromatic carbocycles. The van der Waals surface area contributed by atoms with Crippen molar-refractivity contribution in [2.45, 2.75) is 32.6 Å². The molecule has 0 unspecified atom stereocenters. The Morgan fingerprint density at radius 2 is 2.27 bits per heavy atom. The van der Waals surface area contributed by atoms with Crippen molar-refractivity contribution in [2.75, 3.05) is 13.1 Å². The Hall–Kier alpha value is -0.300. The van der Waals surface area contributed by atoms with E-state index in [4.69, 9.17) is 0 Å². The molecular weight excluding hydrogens is 134 g/mol. The van der Waals surface area contributed by atoms with E-state index in [1.807, 2.05) is 0 Å². The fourth-order valence-corrected chi connectivity index (χ4v) is 1.36. The zero-order valence-electron chi connectivity index (χ0n) is 7.47. The molecule has 11 heavy (non-hydrogen) atoms. The smallest absolute Gasteiger partial charge is 0.00142 e. The second-order valence-corrected chi connectivity index (χ2v) is 3.36. The van der Waals surface area contributed by atoms with Gasteiger partial charge in [0, 0.05) is 0 Å². The molecule has 0 spiro atoms. The summed E-state index contributed by atoms with van der Waals surface area (Å²) in [6.45, 7) is 4.48. The highest BCUT2D eigenvalue weighted by Crippen LogP contribution is 2.24. The van der Waals surface area contributed by atoms with Gasteiger partial charge in [0.15, 0.2) is 0 Å². The first-order valence-corrected chi connectivity index (χ1v) is 4.75. The van der Waals surface area contributed by atoms with E-state index in [0.717, 1.165) is 12.5 Å². The van der Waals surface area contributed by atoms with Crippen molar-refractivity contribution >= 4 is 0 Å². The van der Waals surface area contributed by atoms with Gasteiger partial charge in [0.05, 0.1) is 0 Å². The molecule has 0 aromatic heterocycles. The van der Waals surface area contributed by atoms with E-state index in [-0.39, 0.29) is 0 Å². The summed E-state index contributed by atoms with van der Waals surface area (Å²) in [7, 11) is 0.